The Labute approximate surface area is 125 Å². The van der Waals surface area contributed by atoms with Crippen LogP contribution in [0, 0.1) is 6.92 Å². The number of aliphatic hydroxyl groups is 1. The number of aromatic nitrogens is 3. The number of nitrogens with zero attached hydrogens (tertiary/aromatic N) is 2. The minimum absolute atomic E-state index is 0.115. The van der Waals surface area contributed by atoms with Crippen LogP contribution < -0.4 is 5.56 Å². The molecule has 0 aliphatic rings. The highest BCUT2D eigenvalue weighted by Gasteiger charge is 2.10. The number of nitrogens with one attached hydrogen (secondary N) is 1. The first-order chi connectivity index (χ1) is 10.2. The van der Waals surface area contributed by atoms with Gasteiger partial charge in [0.15, 0.2) is 5.16 Å². The number of hydrogen-bond donors (Lipinski definition) is 2. The zero-order chi connectivity index (χ0) is 14.8. The molecule has 0 aliphatic heterocycles. The molecule has 0 saturated carbocycles. The summed E-state index contributed by atoms with van der Waals surface area (Å²) in [7, 11) is 0. The molecule has 2 N–H and O–H groups in total. The van der Waals surface area contributed by atoms with E-state index in [1.807, 2.05) is 30.3 Å². The van der Waals surface area contributed by atoms with Gasteiger partial charge in [-0.3, -0.25) is 4.79 Å². The minimum atomic E-state index is -0.198. The van der Waals surface area contributed by atoms with Crippen LogP contribution in [-0.4, -0.2) is 20.1 Å². The molecule has 1 aromatic carbocycles. The Morgan fingerprint density at radius 2 is 2.05 bits per heavy atom. The van der Waals surface area contributed by atoms with E-state index < -0.39 is 0 Å². The van der Waals surface area contributed by atoms with Crippen LogP contribution in [0.4, 0.5) is 0 Å². The summed E-state index contributed by atoms with van der Waals surface area (Å²) < 4.78 is 0. The summed E-state index contributed by atoms with van der Waals surface area (Å²) in [5.74, 6) is 0. The molecule has 0 fully saturated rings. The van der Waals surface area contributed by atoms with Gasteiger partial charge < -0.3 is 10.1 Å². The fourth-order valence-corrected chi connectivity index (χ4v) is 2.96. The van der Waals surface area contributed by atoms with Crippen molar-refractivity contribution in [2.24, 2.45) is 0 Å². The van der Waals surface area contributed by atoms with Gasteiger partial charge in [0, 0.05) is 22.7 Å². The second kappa shape index (κ2) is 5.67. The normalized spacial score (nSPS) is 11.0. The van der Waals surface area contributed by atoms with Crippen LogP contribution in [-0.2, 0) is 6.61 Å². The van der Waals surface area contributed by atoms with Crippen molar-refractivity contribution in [1.29, 1.82) is 0 Å². The molecule has 0 bridgehead atoms. The number of aliphatic hydroxyl groups excluding tert-OH is 1. The molecule has 21 heavy (non-hydrogen) atoms. The lowest BCUT2D eigenvalue weighted by atomic mass is 10.2. The molecule has 0 radical (unpaired) electrons. The van der Waals surface area contributed by atoms with Gasteiger partial charge in [0.05, 0.1) is 12.1 Å². The molecule has 3 rings (SSSR count). The topological polar surface area (TPSA) is 78.9 Å². The summed E-state index contributed by atoms with van der Waals surface area (Å²) >= 11 is 1.24. The molecule has 6 heteroatoms. The summed E-state index contributed by atoms with van der Waals surface area (Å²) in [5, 5.41) is 11.6. The van der Waals surface area contributed by atoms with Crippen molar-refractivity contribution in [1.82, 2.24) is 15.0 Å². The number of pyridine rings is 1. The molecule has 0 unspecified atom stereocenters. The number of aryl methyl sites for hydroxylation is 1. The quantitative estimate of drug-likeness (QED) is 0.725. The maximum absolute atomic E-state index is 11.5. The summed E-state index contributed by atoms with van der Waals surface area (Å²) in [5.41, 5.74) is 2.00. The fourth-order valence-electron chi connectivity index (χ4n) is 2.04. The highest BCUT2D eigenvalue weighted by molar-refractivity contribution is 7.99. The smallest absolute Gasteiger partial charge is 0.251 e. The third kappa shape index (κ3) is 2.96. The Kier molecular flexibility index (Phi) is 3.72. The first kappa shape index (κ1) is 13.8. The van der Waals surface area contributed by atoms with Crippen LogP contribution in [0.15, 0.2) is 51.4 Å². The van der Waals surface area contributed by atoms with Gasteiger partial charge in [-0.1, -0.05) is 18.2 Å². The number of H-pyrrole nitrogens is 1. The van der Waals surface area contributed by atoms with Gasteiger partial charge in [-0.15, -0.1) is 0 Å². The fraction of sp³-hybridized carbons (Fsp3) is 0.133. The predicted octanol–water partition coefficient (Wildman–Crippen LogP) is 2.27. The zero-order valence-corrected chi connectivity index (χ0v) is 12.1. The van der Waals surface area contributed by atoms with Crippen LogP contribution in [0.5, 0.6) is 0 Å². The van der Waals surface area contributed by atoms with Gasteiger partial charge >= 0.3 is 0 Å². The van der Waals surface area contributed by atoms with Crippen LogP contribution in [0.2, 0.25) is 0 Å². The van der Waals surface area contributed by atoms with E-state index in [-0.39, 0.29) is 12.2 Å². The van der Waals surface area contributed by atoms with Crippen molar-refractivity contribution in [2.45, 2.75) is 23.7 Å². The Morgan fingerprint density at radius 1 is 1.24 bits per heavy atom. The van der Waals surface area contributed by atoms with E-state index in [4.69, 9.17) is 0 Å². The van der Waals surface area contributed by atoms with Crippen LogP contribution in [0.25, 0.3) is 10.9 Å². The number of hydrogen-bond acceptors (Lipinski definition) is 5. The van der Waals surface area contributed by atoms with Crippen molar-refractivity contribution in [3.05, 3.63) is 58.0 Å². The van der Waals surface area contributed by atoms with E-state index >= 15 is 0 Å². The monoisotopic (exact) mass is 299 g/mol. The summed E-state index contributed by atoms with van der Waals surface area (Å²) in [6, 6.07) is 11.0. The van der Waals surface area contributed by atoms with Gasteiger partial charge in [-0.2, -0.15) is 0 Å². The lowest BCUT2D eigenvalue weighted by molar-refractivity contribution is 0.278. The average Bonchev–Trinajstić information content (AvgIpc) is 2.45. The van der Waals surface area contributed by atoms with E-state index in [0.717, 1.165) is 10.9 Å². The Balaban J connectivity index is 2.08. The lowest BCUT2D eigenvalue weighted by Gasteiger charge is -2.08. The van der Waals surface area contributed by atoms with Gasteiger partial charge in [0.25, 0.3) is 5.56 Å². The van der Waals surface area contributed by atoms with Crippen molar-refractivity contribution < 1.29 is 5.11 Å². The molecule has 0 atom stereocenters. The number of aromatic amines is 1. The summed E-state index contributed by atoms with van der Waals surface area (Å²) in [4.78, 5) is 23.0. The van der Waals surface area contributed by atoms with Crippen LogP contribution in [0.1, 0.15) is 11.3 Å². The molecule has 106 valence electrons. The highest BCUT2D eigenvalue weighted by Crippen LogP contribution is 2.28. The number of fused-ring (bicyclic) bond motifs is 1. The first-order valence-corrected chi connectivity index (χ1v) is 7.23. The van der Waals surface area contributed by atoms with Gasteiger partial charge in [0.2, 0.25) is 0 Å². The SMILES string of the molecule is Cc1cc(=O)[nH]c(Sc2nc3ccccc3cc2CO)n1. The molecule has 0 aliphatic carbocycles. The molecule has 2 heterocycles. The van der Waals surface area contributed by atoms with E-state index in [2.05, 4.69) is 15.0 Å². The van der Waals surface area contributed by atoms with E-state index in [1.54, 1.807) is 6.92 Å². The molecule has 0 spiro atoms. The Morgan fingerprint density at radius 3 is 2.81 bits per heavy atom. The average molecular weight is 299 g/mol. The molecule has 0 saturated heterocycles. The van der Waals surface area contributed by atoms with Gasteiger partial charge in [0.1, 0.15) is 5.03 Å². The maximum atomic E-state index is 11.5. The number of benzene rings is 1. The third-order valence-corrected chi connectivity index (χ3v) is 3.91. The van der Waals surface area contributed by atoms with E-state index in [0.29, 0.717) is 21.4 Å². The number of rotatable bonds is 3. The van der Waals surface area contributed by atoms with Crippen molar-refractivity contribution in [2.75, 3.05) is 0 Å². The van der Waals surface area contributed by atoms with Gasteiger partial charge in [-0.05, 0) is 30.8 Å². The Bertz CT molecular complexity index is 861. The second-order valence-electron chi connectivity index (χ2n) is 4.60. The van der Waals surface area contributed by atoms with Crippen molar-refractivity contribution >= 4 is 22.7 Å². The first-order valence-electron chi connectivity index (χ1n) is 6.41. The standard InChI is InChI=1S/C15H13N3O2S/c1-9-6-13(20)18-15(16-9)21-14-11(8-19)7-10-4-2-3-5-12(10)17-14/h2-7,19H,8H2,1H3,(H,16,18,20). The molecule has 0 amide bonds. The third-order valence-electron chi connectivity index (χ3n) is 2.97. The second-order valence-corrected chi connectivity index (χ2v) is 5.57. The summed E-state index contributed by atoms with van der Waals surface area (Å²) in [6.07, 6.45) is 0. The molecule has 5 nitrogen and oxygen atoms in total. The largest absolute Gasteiger partial charge is 0.392 e. The van der Waals surface area contributed by atoms with Crippen LogP contribution >= 0.6 is 11.8 Å². The lowest BCUT2D eigenvalue weighted by Crippen LogP contribution is -2.08. The molecular weight excluding hydrogens is 286 g/mol. The highest BCUT2D eigenvalue weighted by atomic mass is 32.2. The van der Waals surface area contributed by atoms with E-state index in [1.165, 1.54) is 17.8 Å². The van der Waals surface area contributed by atoms with Crippen molar-refractivity contribution in [3.8, 4) is 0 Å². The van der Waals surface area contributed by atoms with E-state index in [9.17, 15) is 9.90 Å². The van der Waals surface area contributed by atoms with Crippen molar-refractivity contribution in [3.63, 3.8) is 0 Å². The zero-order valence-electron chi connectivity index (χ0n) is 11.3. The Hall–Kier alpha value is -2.18. The molecule has 2 aromatic heterocycles. The summed E-state index contributed by atoms with van der Waals surface area (Å²) in [6.45, 7) is 1.65. The number of para-hydroxylation sites is 1. The molecular formula is C15H13N3O2S. The van der Waals surface area contributed by atoms with Crippen LogP contribution in [0.3, 0.4) is 0 Å². The molecule has 3 aromatic rings. The maximum Gasteiger partial charge on any atom is 0.251 e. The van der Waals surface area contributed by atoms with Gasteiger partial charge in [-0.25, -0.2) is 9.97 Å². The predicted molar refractivity (Wildman–Crippen MR) is 81.4 cm³/mol. The minimum Gasteiger partial charge on any atom is -0.392 e.